The summed E-state index contributed by atoms with van der Waals surface area (Å²) in [5.74, 6) is -1.22. The molecule has 1 aliphatic heterocycles. The van der Waals surface area contributed by atoms with Crippen LogP contribution in [0.1, 0.15) is 43.4 Å². The van der Waals surface area contributed by atoms with E-state index in [1.54, 1.807) is 24.4 Å². The average molecular weight is 480 g/mol. The Kier molecular flexibility index (Phi) is 7.96. The van der Waals surface area contributed by atoms with Gasteiger partial charge in [-0.15, -0.1) is 0 Å². The molecule has 0 bridgehead atoms. The summed E-state index contributed by atoms with van der Waals surface area (Å²) in [6, 6.07) is 4.59. The first-order chi connectivity index (χ1) is 16.2. The molecule has 9 heteroatoms. The highest BCUT2D eigenvalue weighted by molar-refractivity contribution is 6.39. The maximum atomic E-state index is 12.9. The number of aromatic nitrogens is 2. The molecule has 2 aromatic heterocycles. The number of aliphatic imine (C=N–C) groups is 1. The van der Waals surface area contributed by atoms with Crippen molar-refractivity contribution in [1.82, 2.24) is 15.3 Å². The zero-order chi connectivity index (χ0) is 24.8. The minimum absolute atomic E-state index is 0.00377. The summed E-state index contributed by atoms with van der Waals surface area (Å²) in [6.45, 7) is 8.35. The molecule has 0 radical (unpaired) electrons. The van der Waals surface area contributed by atoms with E-state index < -0.39 is 11.9 Å². The molecule has 3 rings (SSSR count). The van der Waals surface area contributed by atoms with Crippen molar-refractivity contribution in [3.63, 3.8) is 0 Å². The first-order valence-corrected chi connectivity index (χ1v) is 11.0. The molecule has 3 heterocycles. The number of dihydropyridines is 1. The molecule has 0 spiro atoms. The number of pyridine rings is 2. The molecule has 0 fully saturated rings. The molecule has 1 aliphatic rings. The second-order valence-electron chi connectivity index (χ2n) is 7.98. The minimum Gasteiger partial charge on any atom is -0.477 e. The summed E-state index contributed by atoms with van der Waals surface area (Å²) in [7, 11) is 0. The molecule has 0 saturated heterocycles. The molecule has 8 nitrogen and oxygen atoms in total. The summed E-state index contributed by atoms with van der Waals surface area (Å²) < 4.78 is 0. The summed E-state index contributed by atoms with van der Waals surface area (Å²) in [5, 5.41) is 12.9. The van der Waals surface area contributed by atoms with E-state index in [0.717, 1.165) is 22.4 Å². The second kappa shape index (κ2) is 10.9. The van der Waals surface area contributed by atoms with E-state index in [4.69, 9.17) is 17.3 Å². The Bertz CT molecular complexity index is 1210. The molecule has 4 N–H and O–H groups in total. The van der Waals surface area contributed by atoms with Crippen molar-refractivity contribution in [2.75, 3.05) is 12.3 Å². The van der Waals surface area contributed by atoms with Crippen molar-refractivity contribution >= 4 is 35.5 Å². The van der Waals surface area contributed by atoms with E-state index in [9.17, 15) is 14.7 Å². The Morgan fingerprint density at radius 2 is 2.06 bits per heavy atom. The smallest absolute Gasteiger partial charge is 0.354 e. The van der Waals surface area contributed by atoms with E-state index in [1.807, 2.05) is 26.0 Å². The number of carbonyl (C=O) groups is 2. The molecule has 1 unspecified atom stereocenters. The Morgan fingerprint density at radius 1 is 1.29 bits per heavy atom. The number of hydrogen-bond donors (Lipinski definition) is 3. The number of hydrogen-bond acceptors (Lipinski definition) is 6. The maximum absolute atomic E-state index is 12.9. The van der Waals surface area contributed by atoms with Gasteiger partial charge < -0.3 is 16.2 Å². The zero-order valence-electron chi connectivity index (χ0n) is 19.0. The fourth-order valence-corrected chi connectivity index (χ4v) is 3.92. The first-order valence-electron chi connectivity index (χ1n) is 10.6. The maximum Gasteiger partial charge on any atom is 0.354 e. The number of nitrogens with two attached hydrogens (primary N) is 1. The predicted octanol–water partition coefficient (Wildman–Crippen LogP) is 3.78. The number of rotatable bonds is 8. The number of amides is 1. The van der Waals surface area contributed by atoms with Gasteiger partial charge in [0.1, 0.15) is 11.5 Å². The number of nitrogens with zero attached hydrogens (tertiary/aromatic N) is 3. The minimum atomic E-state index is -1.22. The van der Waals surface area contributed by atoms with Crippen LogP contribution in [0.2, 0.25) is 0 Å². The summed E-state index contributed by atoms with van der Waals surface area (Å²) in [4.78, 5) is 37.2. The molecule has 176 valence electrons. The molecule has 34 heavy (non-hydrogen) atoms. The van der Waals surface area contributed by atoms with Gasteiger partial charge in [0.2, 0.25) is 0 Å². The number of anilines is 1. The molecule has 1 atom stereocenters. The lowest BCUT2D eigenvalue weighted by Crippen LogP contribution is -2.25. The van der Waals surface area contributed by atoms with Crippen LogP contribution in [-0.4, -0.2) is 39.7 Å². The molecular formula is C25H26ClN5O3. The number of carboxylic acid groups (broad SMARTS) is 1. The third-order valence-corrected chi connectivity index (χ3v) is 5.56. The summed E-state index contributed by atoms with van der Waals surface area (Å²) in [5.41, 5.74) is 9.51. The van der Waals surface area contributed by atoms with Gasteiger partial charge in [0, 0.05) is 48.6 Å². The first kappa shape index (κ1) is 24.9. The Balaban J connectivity index is 1.83. The predicted molar refractivity (Wildman–Crippen MR) is 133 cm³/mol. The molecule has 0 aromatic carbocycles. The molecule has 0 aliphatic carbocycles. The van der Waals surface area contributed by atoms with Crippen molar-refractivity contribution in [3.05, 3.63) is 87.4 Å². The number of allylic oxidation sites excluding steroid dienone is 3. The highest BCUT2D eigenvalue weighted by atomic mass is 35.5. The highest BCUT2D eigenvalue weighted by Gasteiger charge is 2.16. The summed E-state index contributed by atoms with van der Waals surface area (Å²) in [6.07, 6.45) is 7.42. The Labute approximate surface area is 203 Å². The SMILES string of the molecule is C=C/C(=C\C1C=C(Cl)C=NC1)Cc1cc(C(=O)NCc2c(C)cc(N)nc2C)cc(C(=O)O)n1. The van der Waals surface area contributed by atoms with Crippen LogP contribution in [0.25, 0.3) is 0 Å². The quantitative estimate of drug-likeness (QED) is 0.494. The lowest BCUT2D eigenvalue weighted by molar-refractivity contribution is 0.0690. The molecule has 1 amide bonds. The number of aryl methyl sites for hydroxylation is 2. The van der Waals surface area contributed by atoms with Gasteiger partial charge in [-0.1, -0.05) is 36.4 Å². The van der Waals surface area contributed by atoms with Crippen LogP contribution in [0.4, 0.5) is 5.82 Å². The van der Waals surface area contributed by atoms with E-state index in [-0.39, 0.29) is 23.7 Å². The van der Waals surface area contributed by atoms with Crippen LogP contribution in [-0.2, 0) is 13.0 Å². The van der Waals surface area contributed by atoms with Gasteiger partial charge in [-0.05, 0) is 48.7 Å². The number of nitrogens with one attached hydrogen (secondary N) is 1. The fourth-order valence-electron chi connectivity index (χ4n) is 3.69. The van der Waals surface area contributed by atoms with Crippen molar-refractivity contribution in [1.29, 1.82) is 0 Å². The van der Waals surface area contributed by atoms with Crippen molar-refractivity contribution in [3.8, 4) is 0 Å². The van der Waals surface area contributed by atoms with Crippen LogP contribution < -0.4 is 11.1 Å². The average Bonchev–Trinajstić information content (AvgIpc) is 2.77. The van der Waals surface area contributed by atoms with Gasteiger partial charge in [0.15, 0.2) is 0 Å². The summed E-state index contributed by atoms with van der Waals surface area (Å²) >= 11 is 6.04. The van der Waals surface area contributed by atoms with E-state index in [2.05, 4.69) is 26.9 Å². The highest BCUT2D eigenvalue weighted by Crippen LogP contribution is 2.19. The van der Waals surface area contributed by atoms with Crippen LogP contribution in [0, 0.1) is 19.8 Å². The van der Waals surface area contributed by atoms with E-state index in [1.165, 1.54) is 6.07 Å². The normalized spacial score (nSPS) is 15.6. The Hall–Kier alpha value is -3.78. The zero-order valence-corrected chi connectivity index (χ0v) is 19.8. The van der Waals surface area contributed by atoms with Crippen LogP contribution in [0.15, 0.2) is 58.6 Å². The number of aromatic carboxylic acids is 1. The van der Waals surface area contributed by atoms with Gasteiger partial charge >= 0.3 is 5.97 Å². The van der Waals surface area contributed by atoms with Crippen LogP contribution in [0.5, 0.6) is 0 Å². The molecule has 2 aromatic rings. The van der Waals surface area contributed by atoms with Crippen molar-refractivity contribution < 1.29 is 14.7 Å². The third-order valence-electron chi connectivity index (χ3n) is 5.34. The fraction of sp³-hybridized carbons (Fsp3) is 0.240. The van der Waals surface area contributed by atoms with Gasteiger partial charge in [-0.25, -0.2) is 14.8 Å². The number of nitrogen functional groups attached to an aromatic ring is 1. The van der Waals surface area contributed by atoms with Crippen LogP contribution in [0.3, 0.4) is 0 Å². The number of carbonyl (C=O) groups excluding carboxylic acids is 1. The number of carboxylic acids is 1. The Morgan fingerprint density at radius 3 is 2.71 bits per heavy atom. The van der Waals surface area contributed by atoms with Gasteiger partial charge in [-0.2, -0.15) is 0 Å². The lowest BCUT2D eigenvalue weighted by Gasteiger charge is -2.13. The standard InChI is InChI=1S/C25H26ClN5O3/c1-4-16(6-17-7-19(26)12-28-11-17)8-20-9-18(10-22(31-20)25(33)34)24(32)29-13-21-14(2)5-23(27)30-15(21)3/h4-7,9-10,12,17H,1,8,11,13H2,2-3H3,(H2,27,30)(H,29,32)(H,33,34)/b16-6+. The monoisotopic (exact) mass is 479 g/mol. The van der Waals surface area contributed by atoms with E-state index >= 15 is 0 Å². The van der Waals surface area contributed by atoms with Gasteiger partial charge in [0.05, 0.1) is 5.03 Å². The molecule has 0 saturated carbocycles. The van der Waals surface area contributed by atoms with Crippen LogP contribution >= 0.6 is 11.6 Å². The number of halogens is 1. The topological polar surface area (TPSA) is 131 Å². The second-order valence-corrected chi connectivity index (χ2v) is 8.42. The van der Waals surface area contributed by atoms with Crippen molar-refractivity contribution in [2.24, 2.45) is 10.9 Å². The largest absolute Gasteiger partial charge is 0.477 e. The van der Waals surface area contributed by atoms with Gasteiger partial charge in [-0.3, -0.25) is 9.79 Å². The van der Waals surface area contributed by atoms with E-state index in [0.29, 0.717) is 29.5 Å². The molecular weight excluding hydrogens is 454 g/mol. The lowest BCUT2D eigenvalue weighted by atomic mass is 9.99. The van der Waals surface area contributed by atoms with Crippen molar-refractivity contribution in [2.45, 2.75) is 26.8 Å². The van der Waals surface area contributed by atoms with Gasteiger partial charge in [0.25, 0.3) is 5.91 Å². The third kappa shape index (κ3) is 6.39.